The third-order valence-electron chi connectivity index (χ3n) is 2.72. The van der Waals surface area contributed by atoms with Crippen LogP contribution in [-0.4, -0.2) is 44.2 Å². The molecule has 0 radical (unpaired) electrons. The average molecular weight is 221 g/mol. The van der Waals surface area contributed by atoms with Gasteiger partial charge in [0.2, 0.25) is 10.0 Å². The Kier molecular flexibility index (Phi) is 3.88. The van der Waals surface area contributed by atoms with Crippen molar-refractivity contribution in [2.24, 2.45) is 10.9 Å². The Morgan fingerprint density at radius 2 is 2.14 bits per heavy atom. The Labute approximate surface area is 85.5 Å². The van der Waals surface area contributed by atoms with Gasteiger partial charge in [-0.05, 0) is 26.3 Å². The van der Waals surface area contributed by atoms with Crippen LogP contribution in [0.25, 0.3) is 0 Å². The molecular weight excluding hydrogens is 202 g/mol. The molecule has 84 valence electrons. The fourth-order valence-electron chi connectivity index (χ4n) is 1.83. The molecule has 1 rings (SSSR count). The first kappa shape index (κ1) is 11.9. The fourth-order valence-corrected chi connectivity index (χ4v) is 2.32. The Bertz CT molecular complexity index is 278. The molecule has 0 aromatic heterocycles. The van der Waals surface area contributed by atoms with Gasteiger partial charge in [0.05, 0.1) is 5.75 Å². The Morgan fingerprint density at radius 3 is 2.64 bits per heavy atom. The van der Waals surface area contributed by atoms with Crippen molar-refractivity contribution in [2.75, 3.05) is 18.8 Å². The predicted molar refractivity (Wildman–Crippen MR) is 56.2 cm³/mol. The molecule has 0 aromatic carbocycles. The largest absolute Gasteiger partial charge is 0.328 e. The Hall–Kier alpha value is -0.170. The molecule has 2 atom stereocenters. The van der Waals surface area contributed by atoms with Crippen LogP contribution in [0.4, 0.5) is 0 Å². The molecule has 1 aliphatic heterocycles. The van der Waals surface area contributed by atoms with Crippen LogP contribution in [0, 0.1) is 0 Å². The van der Waals surface area contributed by atoms with Gasteiger partial charge in [-0.2, -0.15) is 0 Å². The maximum absolute atomic E-state index is 10.8. The molecule has 0 spiro atoms. The van der Waals surface area contributed by atoms with E-state index in [1.165, 1.54) is 0 Å². The van der Waals surface area contributed by atoms with Gasteiger partial charge in [0.1, 0.15) is 0 Å². The molecule has 1 saturated heterocycles. The first-order valence-corrected chi connectivity index (χ1v) is 6.60. The molecule has 0 bridgehead atoms. The van der Waals surface area contributed by atoms with Gasteiger partial charge < -0.3 is 5.73 Å². The summed E-state index contributed by atoms with van der Waals surface area (Å²) in [4.78, 5) is 2.13. The molecule has 0 amide bonds. The maximum atomic E-state index is 10.8. The molecule has 14 heavy (non-hydrogen) atoms. The standard InChI is InChI=1S/C8H19N3O2S/c1-7-6-8(9)2-3-11(7)4-5-14(10,12)13/h7-8H,2-6,9H2,1H3,(H2,10,12,13). The van der Waals surface area contributed by atoms with Crippen molar-refractivity contribution in [3.8, 4) is 0 Å². The van der Waals surface area contributed by atoms with E-state index in [1.54, 1.807) is 0 Å². The number of sulfonamides is 1. The molecule has 2 unspecified atom stereocenters. The summed E-state index contributed by atoms with van der Waals surface area (Å²) in [6, 6.07) is 0.622. The van der Waals surface area contributed by atoms with Gasteiger partial charge >= 0.3 is 0 Å². The number of piperidine rings is 1. The summed E-state index contributed by atoms with van der Waals surface area (Å²) < 4.78 is 21.5. The summed E-state index contributed by atoms with van der Waals surface area (Å²) >= 11 is 0. The average Bonchev–Trinajstić information content (AvgIpc) is 2.00. The van der Waals surface area contributed by atoms with Gasteiger partial charge in [-0.3, -0.25) is 4.90 Å². The van der Waals surface area contributed by atoms with Crippen LogP contribution in [0.1, 0.15) is 19.8 Å². The van der Waals surface area contributed by atoms with Gasteiger partial charge in [0, 0.05) is 18.6 Å². The van der Waals surface area contributed by atoms with E-state index < -0.39 is 10.0 Å². The molecule has 0 aromatic rings. The number of likely N-dealkylation sites (tertiary alicyclic amines) is 1. The van der Waals surface area contributed by atoms with E-state index in [4.69, 9.17) is 10.9 Å². The lowest BCUT2D eigenvalue weighted by Gasteiger charge is -2.36. The van der Waals surface area contributed by atoms with Gasteiger partial charge in [-0.1, -0.05) is 0 Å². The van der Waals surface area contributed by atoms with E-state index in [0.29, 0.717) is 12.6 Å². The minimum atomic E-state index is -3.33. The second-order valence-electron chi connectivity index (χ2n) is 4.04. The quantitative estimate of drug-likeness (QED) is 0.645. The smallest absolute Gasteiger partial charge is 0.210 e. The van der Waals surface area contributed by atoms with Crippen LogP contribution >= 0.6 is 0 Å². The van der Waals surface area contributed by atoms with Gasteiger partial charge in [0.25, 0.3) is 0 Å². The van der Waals surface area contributed by atoms with Crippen molar-refractivity contribution >= 4 is 10.0 Å². The highest BCUT2D eigenvalue weighted by atomic mass is 32.2. The Balaban J connectivity index is 2.38. The highest BCUT2D eigenvalue weighted by Gasteiger charge is 2.23. The zero-order valence-electron chi connectivity index (χ0n) is 8.52. The lowest BCUT2D eigenvalue weighted by molar-refractivity contribution is 0.156. The normalized spacial score (nSPS) is 30.5. The van der Waals surface area contributed by atoms with Crippen LogP contribution < -0.4 is 10.9 Å². The van der Waals surface area contributed by atoms with Crippen molar-refractivity contribution in [1.29, 1.82) is 0 Å². The summed E-state index contributed by atoms with van der Waals surface area (Å²) in [5, 5.41) is 4.95. The lowest BCUT2D eigenvalue weighted by atomic mass is 9.99. The van der Waals surface area contributed by atoms with Crippen molar-refractivity contribution < 1.29 is 8.42 Å². The van der Waals surface area contributed by atoms with Crippen LogP contribution in [-0.2, 0) is 10.0 Å². The second-order valence-corrected chi connectivity index (χ2v) is 5.77. The van der Waals surface area contributed by atoms with E-state index in [2.05, 4.69) is 11.8 Å². The number of hydrogen-bond acceptors (Lipinski definition) is 4. The fraction of sp³-hybridized carbons (Fsp3) is 1.00. The van der Waals surface area contributed by atoms with Gasteiger partial charge in [-0.25, -0.2) is 13.6 Å². The number of rotatable bonds is 3. The minimum absolute atomic E-state index is 0.0343. The lowest BCUT2D eigenvalue weighted by Crippen LogP contribution is -2.47. The molecule has 5 nitrogen and oxygen atoms in total. The molecular formula is C8H19N3O2S. The van der Waals surface area contributed by atoms with Crippen molar-refractivity contribution in [3.05, 3.63) is 0 Å². The first-order valence-electron chi connectivity index (χ1n) is 4.88. The third kappa shape index (κ3) is 3.91. The van der Waals surface area contributed by atoms with E-state index in [9.17, 15) is 8.42 Å². The van der Waals surface area contributed by atoms with Crippen LogP contribution in [0.5, 0.6) is 0 Å². The van der Waals surface area contributed by atoms with E-state index in [1.807, 2.05) is 0 Å². The zero-order valence-corrected chi connectivity index (χ0v) is 9.33. The SMILES string of the molecule is CC1CC(N)CCN1CCS(N)(=O)=O. The summed E-state index contributed by atoms with van der Waals surface area (Å²) in [5.74, 6) is 0.0343. The topological polar surface area (TPSA) is 89.4 Å². The maximum Gasteiger partial charge on any atom is 0.210 e. The molecule has 6 heteroatoms. The molecule has 1 fully saturated rings. The summed E-state index contributed by atoms with van der Waals surface area (Å²) in [5.41, 5.74) is 5.80. The molecule has 1 aliphatic rings. The molecule has 4 N–H and O–H groups in total. The number of hydrogen-bond donors (Lipinski definition) is 2. The third-order valence-corrected chi connectivity index (χ3v) is 3.47. The number of nitrogens with zero attached hydrogens (tertiary/aromatic N) is 1. The molecule has 0 saturated carbocycles. The predicted octanol–water partition coefficient (Wildman–Crippen LogP) is -0.913. The molecule has 1 heterocycles. The summed E-state index contributed by atoms with van der Waals surface area (Å²) in [7, 11) is -3.33. The highest BCUT2D eigenvalue weighted by molar-refractivity contribution is 7.89. The van der Waals surface area contributed by atoms with E-state index in [-0.39, 0.29) is 11.8 Å². The Morgan fingerprint density at radius 1 is 1.50 bits per heavy atom. The van der Waals surface area contributed by atoms with Crippen LogP contribution in [0.2, 0.25) is 0 Å². The first-order chi connectivity index (χ1) is 6.38. The minimum Gasteiger partial charge on any atom is -0.328 e. The van der Waals surface area contributed by atoms with Gasteiger partial charge in [-0.15, -0.1) is 0 Å². The summed E-state index contributed by atoms with van der Waals surface area (Å²) in [6.07, 6.45) is 1.87. The number of nitrogens with two attached hydrogens (primary N) is 2. The number of primary sulfonamides is 1. The van der Waals surface area contributed by atoms with E-state index in [0.717, 1.165) is 19.4 Å². The van der Waals surface area contributed by atoms with E-state index >= 15 is 0 Å². The van der Waals surface area contributed by atoms with Crippen LogP contribution in [0.15, 0.2) is 0 Å². The highest BCUT2D eigenvalue weighted by Crippen LogP contribution is 2.15. The second kappa shape index (κ2) is 4.57. The molecule has 0 aliphatic carbocycles. The van der Waals surface area contributed by atoms with Crippen molar-refractivity contribution in [3.63, 3.8) is 0 Å². The van der Waals surface area contributed by atoms with Crippen molar-refractivity contribution in [1.82, 2.24) is 4.90 Å². The monoisotopic (exact) mass is 221 g/mol. The summed E-state index contributed by atoms with van der Waals surface area (Å²) in [6.45, 7) is 3.47. The zero-order chi connectivity index (χ0) is 10.8. The van der Waals surface area contributed by atoms with Gasteiger partial charge in [0.15, 0.2) is 0 Å². The van der Waals surface area contributed by atoms with Crippen molar-refractivity contribution in [2.45, 2.75) is 31.8 Å². The van der Waals surface area contributed by atoms with Crippen LogP contribution in [0.3, 0.4) is 0 Å².